The van der Waals surface area contributed by atoms with Crippen LogP contribution in [0.1, 0.15) is 0 Å². The van der Waals surface area contributed by atoms with Gasteiger partial charge in [-0.15, -0.1) is 0 Å². The van der Waals surface area contributed by atoms with Gasteiger partial charge in [0.15, 0.2) is 0 Å². The molecule has 9 aromatic carbocycles. The third-order valence-corrected chi connectivity index (χ3v) is 11.3. The largest absolute Gasteiger partial charge is 0.311 e. The Morgan fingerprint density at radius 2 is 0.719 bits per heavy atom. The highest BCUT2D eigenvalue weighted by Crippen LogP contribution is 2.40. The van der Waals surface area contributed by atoms with E-state index in [-0.39, 0.29) is 0 Å². The number of benzene rings is 9. The Morgan fingerprint density at radius 3 is 1.35 bits per heavy atom. The first-order valence-corrected chi connectivity index (χ1v) is 19.5. The lowest BCUT2D eigenvalue weighted by Crippen LogP contribution is -2.09. The van der Waals surface area contributed by atoms with Gasteiger partial charge < -0.3 is 14.0 Å². The minimum absolute atomic E-state index is 1.10. The van der Waals surface area contributed by atoms with Crippen molar-refractivity contribution < 1.29 is 0 Å². The highest BCUT2D eigenvalue weighted by atomic mass is 15.1. The smallest absolute Gasteiger partial charge is 0.0541 e. The zero-order chi connectivity index (χ0) is 37.7. The van der Waals surface area contributed by atoms with Crippen molar-refractivity contribution in [1.82, 2.24) is 9.13 Å². The second-order valence-corrected chi connectivity index (χ2v) is 14.6. The number of fused-ring (bicyclic) bond motifs is 6. The van der Waals surface area contributed by atoms with Crippen molar-refractivity contribution in [1.29, 1.82) is 0 Å². The molecular weight excluding hydrogens is 691 g/mol. The third-order valence-electron chi connectivity index (χ3n) is 11.3. The van der Waals surface area contributed by atoms with Crippen molar-refractivity contribution in [2.45, 2.75) is 0 Å². The van der Waals surface area contributed by atoms with Crippen molar-refractivity contribution in [3.8, 4) is 33.6 Å². The zero-order valence-electron chi connectivity index (χ0n) is 31.2. The predicted octanol–water partition coefficient (Wildman–Crippen LogP) is 14.7. The second kappa shape index (κ2) is 13.6. The molecule has 2 aromatic heterocycles. The highest BCUT2D eigenvalue weighted by molar-refractivity contribution is 6.11. The van der Waals surface area contributed by atoms with Crippen molar-refractivity contribution in [3.05, 3.63) is 224 Å². The van der Waals surface area contributed by atoms with E-state index in [4.69, 9.17) is 0 Å². The first-order chi connectivity index (χ1) is 28.3. The Morgan fingerprint density at radius 1 is 0.281 bits per heavy atom. The minimum Gasteiger partial charge on any atom is -0.311 e. The number of para-hydroxylation sites is 6. The number of anilines is 3. The van der Waals surface area contributed by atoms with Gasteiger partial charge in [-0.2, -0.15) is 0 Å². The molecule has 0 aliphatic rings. The van der Waals surface area contributed by atoms with Gasteiger partial charge in [0, 0.05) is 49.9 Å². The van der Waals surface area contributed by atoms with Crippen LogP contribution in [-0.2, 0) is 0 Å². The molecule has 2 heterocycles. The van der Waals surface area contributed by atoms with Gasteiger partial charge in [0.2, 0.25) is 0 Å². The minimum atomic E-state index is 1.10. The van der Waals surface area contributed by atoms with E-state index in [9.17, 15) is 0 Å². The van der Waals surface area contributed by atoms with Gasteiger partial charge >= 0.3 is 0 Å². The fourth-order valence-electron chi connectivity index (χ4n) is 8.72. The van der Waals surface area contributed by atoms with Crippen LogP contribution in [0.15, 0.2) is 224 Å². The van der Waals surface area contributed by atoms with E-state index >= 15 is 0 Å². The van der Waals surface area contributed by atoms with Gasteiger partial charge in [-0.05, 0) is 102 Å². The Bertz CT molecular complexity index is 3160. The molecule has 0 unspecified atom stereocenters. The van der Waals surface area contributed by atoms with Crippen molar-refractivity contribution in [2.24, 2.45) is 0 Å². The van der Waals surface area contributed by atoms with Crippen molar-refractivity contribution >= 4 is 60.7 Å². The van der Waals surface area contributed by atoms with Gasteiger partial charge in [-0.25, -0.2) is 0 Å². The molecular formula is C54H37N3. The quantitative estimate of drug-likeness (QED) is 0.159. The lowest BCUT2D eigenvalue weighted by molar-refractivity contribution is 1.18. The summed E-state index contributed by atoms with van der Waals surface area (Å²) in [6.07, 6.45) is 0. The third kappa shape index (κ3) is 5.51. The van der Waals surface area contributed by atoms with Crippen LogP contribution in [0.2, 0.25) is 0 Å². The molecule has 0 amide bonds. The molecule has 57 heavy (non-hydrogen) atoms. The molecule has 11 rings (SSSR count). The van der Waals surface area contributed by atoms with Crippen LogP contribution >= 0.6 is 0 Å². The molecule has 0 spiro atoms. The molecule has 268 valence electrons. The highest BCUT2D eigenvalue weighted by Gasteiger charge is 2.18. The zero-order valence-corrected chi connectivity index (χ0v) is 31.2. The van der Waals surface area contributed by atoms with Crippen LogP contribution in [0, 0.1) is 0 Å². The van der Waals surface area contributed by atoms with Gasteiger partial charge in [0.1, 0.15) is 0 Å². The fourth-order valence-corrected chi connectivity index (χ4v) is 8.72. The summed E-state index contributed by atoms with van der Waals surface area (Å²) < 4.78 is 4.77. The molecule has 0 N–H and O–H groups in total. The number of hydrogen-bond donors (Lipinski definition) is 0. The van der Waals surface area contributed by atoms with Crippen LogP contribution < -0.4 is 4.90 Å². The summed E-state index contributed by atoms with van der Waals surface area (Å²) in [6.45, 7) is 0. The lowest BCUT2D eigenvalue weighted by Gasteiger charge is -2.26. The monoisotopic (exact) mass is 727 g/mol. The summed E-state index contributed by atoms with van der Waals surface area (Å²) in [5.41, 5.74) is 15.2. The maximum absolute atomic E-state index is 2.41. The van der Waals surface area contributed by atoms with E-state index in [2.05, 4.69) is 238 Å². The van der Waals surface area contributed by atoms with Crippen molar-refractivity contribution in [2.75, 3.05) is 4.90 Å². The fraction of sp³-hybridized carbons (Fsp3) is 0. The SMILES string of the molecule is c1ccc(N(c2ccc(-c3ccc4c(c3)c3ccccc3n4-c3ccccc3)cc2)c2ccc(-c3ccccc3-n3c4ccccc4c4ccccc43)cc2)cc1. The number of nitrogens with zero attached hydrogens (tertiary/aromatic N) is 3. The molecule has 11 aromatic rings. The van der Waals surface area contributed by atoms with E-state index in [1.54, 1.807) is 0 Å². The van der Waals surface area contributed by atoms with Crippen LogP contribution in [0.3, 0.4) is 0 Å². The van der Waals surface area contributed by atoms with Crippen LogP contribution in [0.4, 0.5) is 17.1 Å². The molecule has 0 aliphatic heterocycles. The average Bonchev–Trinajstić information content (AvgIpc) is 3.80. The standard InChI is InChI=1S/C54H37N3/c1-3-15-41(16-4-1)55(43-32-27-38(28-33-43)40-31-36-54-49(37-40)48-22-10-12-24-51(48)56(54)42-17-5-2-6-18-42)44-34-29-39(30-35-44)45-19-7-11-23-50(45)57-52-25-13-8-20-46(52)47-21-9-14-26-53(47)57/h1-37H. The van der Waals surface area contributed by atoms with Gasteiger partial charge in [-0.3, -0.25) is 0 Å². The summed E-state index contributed by atoms with van der Waals surface area (Å²) in [6, 6.07) is 81.0. The molecule has 3 heteroatoms. The molecule has 0 radical (unpaired) electrons. The molecule has 0 fully saturated rings. The first-order valence-electron chi connectivity index (χ1n) is 19.5. The maximum atomic E-state index is 2.41. The van der Waals surface area contributed by atoms with Crippen LogP contribution in [0.5, 0.6) is 0 Å². The summed E-state index contributed by atoms with van der Waals surface area (Å²) in [5.74, 6) is 0. The van der Waals surface area contributed by atoms with Crippen LogP contribution in [-0.4, -0.2) is 9.13 Å². The Balaban J connectivity index is 0.965. The summed E-state index contributed by atoms with van der Waals surface area (Å²) in [7, 11) is 0. The number of hydrogen-bond acceptors (Lipinski definition) is 1. The molecule has 3 nitrogen and oxygen atoms in total. The van der Waals surface area contributed by atoms with E-state index in [0.29, 0.717) is 0 Å². The Hall–Kier alpha value is -7.62. The second-order valence-electron chi connectivity index (χ2n) is 14.6. The molecule has 0 saturated carbocycles. The average molecular weight is 728 g/mol. The summed E-state index contributed by atoms with van der Waals surface area (Å²) in [4.78, 5) is 2.34. The Kier molecular flexibility index (Phi) is 7.82. The topological polar surface area (TPSA) is 13.1 Å². The normalized spacial score (nSPS) is 11.5. The molecule has 0 atom stereocenters. The summed E-state index contributed by atoms with van der Waals surface area (Å²) in [5, 5.41) is 5.03. The number of rotatable bonds is 7. The van der Waals surface area contributed by atoms with E-state index in [1.807, 2.05) is 0 Å². The molecule has 0 saturated heterocycles. The predicted molar refractivity (Wildman–Crippen MR) is 241 cm³/mol. The summed E-state index contributed by atoms with van der Waals surface area (Å²) >= 11 is 0. The maximum Gasteiger partial charge on any atom is 0.0541 e. The van der Waals surface area contributed by atoms with E-state index in [0.717, 1.165) is 17.1 Å². The van der Waals surface area contributed by atoms with Gasteiger partial charge in [0.05, 0.1) is 27.8 Å². The van der Waals surface area contributed by atoms with E-state index in [1.165, 1.54) is 77.2 Å². The van der Waals surface area contributed by atoms with Crippen LogP contribution in [0.25, 0.3) is 77.2 Å². The molecule has 0 bridgehead atoms. The van der Waals surface area contributed by atoms with Gasteiger partial charge in [-0.1, -0.05) is 140 Å². The number of aromatic nitrogens is 2. The van der Waals surface area contributed by atoms with Crippen molar-refractivity contribution in [3.63, 3.8) is 0 Å². The first kappa shape index (κ1) is 32.8. The molecule has 0 aliphatic carbocycles. The lowest BCUT2D eigenvalue weighted by atomic mass is 10.0. The van der Waals surface area contributed by atoms with Gasteiger partial charge in [0.25, 0.3) is 0 Å². The Labute approximate surface area is 331 Å². The van der Waals surface area contributed by atoms with E-state index < -0.39 is 0 Å².